The molecule has 1 saturated heterocycles. The highest BCUT2D eigenvalue weighted by Crippen LogP contribution is 2.20. The van der Waals surface area contributed by atoms with Crippen LogP contribution in [0.5, 0.6) is 0 Å². The van der Waals surface area contributed by atoms with Crippen LogP contribution in [0.1, 0.15) is 6.42 Å². The minimum Gasteiger partial charge on any atom is -0.316 e. The first kappa shape index (κ1) is 11.9. The highest BCUT2D eigenvalue weighted by atomic mass is 35.5. The molecule has 2 rings (SSSR count). The summed E-state index contributed by atoms with van der Waals surface area (Å²) in [4.78, 5) is 0.326. The van der Waals surface area contributed by atoms with Gasteiger partial charge in [-0.2, -0.15) is 0 Å². The molecule has 1 aliphatic rings. The molecule has 1 heterocycles. The lowest BCUT2D eigenvalue weighted by Crippen LogP contribution is -2.18. The summed E-state index contributed by atoms with van der Waals surface area (Å²) in [7, 11) is -3.19. The van der Waals surface area contributed by atoms with Crippen molar-refractivity contribution in [1.29, 1.82) is 0 Å². The molecule has 3 nitrogen and oxygen atoms in total. The van der Waals surface area contributed by atoms with Crippen LogP contribution in [0.3, 0.4) is 0 Å². The smallest absolute Gasteiger partial charge is 0.178 e. The molecule has 0 aliphatic carbocycles. The molecule has 1 unspecified atom stereocenters. The largest absolute Gasteiger partial charge is 0.316 e. The second-order valence-corrected chi connectivity index (χ2v) is 6.57. The van der Waals surface area contributed by atoms with Gasteiger partial charge in [-0.15, -0.1) is 0 Å². The SMILES string of the molecule is O=S(=O)(CC1CCNC1)c1cccc(Cl)c1. The van der Waals surface area contributed by atoms with Crippen molar-refractivity contribution in [3.63, 3.8) is 0 Å². The fraction of sp³-hybridized carbons (Fsp3) is 0.455. The van der Waals surface area contributed by atoms with Crippen molar-refractivity contribution in [1.82, 2.24) is 5.32 Å². The van der Waals surface area contributed by atoms with Crippen LogP contribution in [0.4, 0.5) is 0 Å². The van der Waals surface area contributed by atoms with E-state index in [0.717, 1.165) is 19.5 Å². The predicted molar refractivity (Wildman–Crippen MR) is 64.5 cm³/mol. The zero-order valence-corrected chi connectivity index (χ0v) is 10.4. The summed E-state index contributed by atoms with van der Waals surface area (Å²) in [6.07, 6.45) is 0.930. The molecule has 1 aromatic rings. The molecule has 1 aliphatic heterocycles. The average molecular weight is 260 g/mol. The Bertz CT molecular complexity index is 467. The van der Waals surface area contributed by atoms with Crippen LogP contribution < -0.4 is 5.32 Å². The molecule has 0 radical (unpaired) electrons. The van der Waals surface area contributed by atoms with Gasteiger partial charge in [-0.1, -0.05) is 17.7 Å². The predicted octanol–water partition coefficient (Wildman–Crippen LogP) is 1.72. The van der Waals surface area contributed by atoms with Crippen molar-refractivity contribution in [3.05, 3.63) is 29.3 Å². The van der Waals surface area contributed by atoms with Gasteiger partial charge in [0.15, 0.2) is 9.84 Å². The third-order valence-electron chi connectivity index (χ3n) is 2.77. The molecule has 1 atom stereocenters. The van der Waals surface area contributed by atoms with Crippen LogP contribution in [-0.4, -0.2) is 27.3 Å². The van der Waals surface area contributed by atoms with Gasteiger partial charge in [0.25, 0.3) is 0 Å². The highest BCUT2D eigenvalue weighted by molar-refractivity contribution is 7.91. The van der Waals surface area contributed by atoms with Gasteiger partial charge < -0.3 is 5.32 Å². The monoisotopic (exact) mass is 259 g/mol. The number of hydrogen-bond donors (Lipinski definition) is 1. The summed E-state index contributed by atoms with van der Waals surface area (Å²) in [6.45, 7) is 1.70. The zero-order valence-electron chi connectivity index (χ0n) is 8.82. The summed E-state index contributed by atoms with van der Waals surface area (Å²) >= 11 is 5.79. The molecule has 1 fully saturated rings. The highest BCUT2D eigenvalue weighted by Gasteiger charge is 2.23. The standard InChI is InChI=1S/C11H14ClNO2S/c12-10-2-1-3-11(6-10)16(14,15)8-9-4-5-13-7-9/h1-3,6,9,13H,4-5,7-8H2. The molecule has 16 heavy (non-hydrogen) atoms. The van der Waals surface area contributed by atoms with Crippen LogP contribution in [0.15, 0.2) is 29.2 Å². The first-order valence-electron chi connectivity index (χ1n) is 5.27. The Morgan fingerprint density at radius 3 is 2.88 bits per heavy atom. The fourth-order valence-corrected chi connectivity index (χ4v) is 3.87. The lowest BCUT2D eigenvalue weighted by Gasteiger charge is -2.09. The minimum atomic E-state index is -3.19. The van der Waals surface area contributed by atoms with Crippen LogP contribution in [0, 0.1) is 5.92 Å². The van der Waals surface area contributed by atoms with Gasteiger partial charge >= 0.3 is 0 Å². The molecule has 0 saturated carbocycles. The molecule has 0 amide bonds. The van der Waals surface area contributed by atoms with Crippen LogP contribution >= 0.6 is 11.6 Å². The maximum absolute atomic E-state index is 12.1. The van der Waals surface area contributed by atoms with E-state index in [-0.39, 0.29) is 11.7 Å². The third-order valence-corrected chi connectivity index (χ3v) is 4.89. The molecule has 88 valence electrons. The molecule has 0 aromatic heterocycles. The summed E-state index contributed by atoms with van der Waals surface area (Å²) in [6, 6.07) is 6.46. The lowest BCUT2D eigenvalue weighted by molar-refractivity contribution is 0.570. The van der Waals surface area contributed by atoms with Crippen molar-refractivity contribution < 1.29 is 8.42 Å². The van der Waals surface area contributed by atoms with Gasteiger partial charge in [0.1, 0.15) is 0 Å². The minimum absolute atomic E-state index is 0.209. The van der Waals surface area contributed by atoms with Crippen molar-refractivity contribution in [2.24, 2.45) is 5.92 Å². The van der Waals surface area contributed by atoms with Gasteiger partial charge in [0.2, 0.25) is 0 Å². The summed E-state index contributed by atoms with van der Waals surface area (Å²) in [5.74, 6) is 0.435. The molecule has 0 bridgehead atoms. The van der Waals surface area contributed by atoms with Crippen molar-refractivity contribution in [2.45, 2.75) is 11.3 Å². The van der Waals surface area contributed by atoms with Gasteiger partial charge in [0.05, 0.1) is 10.6 Å². The maximum atomic E-state index is 12.1. The van der Waals surface area contributed by atoms with E-state index in [1.165, 1.54) is 6.07 Å². The zero-order chi connectivity index (χ0) is 11.6. The molecule has 0 spiro atoms. The summed E-state index contributed by atoms with van der Waals surface area (Å²) in [5, 5.41) is 3.63. The first-order chi connectivity index (χ1) is 7.58. The maximum Gasteiger partial charge on any atom is 0.178 e. The van der Waals surface area contributed by atoms with Crippen molar-refractivity contribution in [2.75, 3.05) is 18.8 Å². The van der Waals surface area contributed by atoms with Gasteiger partial charge in [0, 0.05) is 5.02 Å². The Morgan fingerprint density at radius 2 is 2.25 bits per heavy atom. The van der Waals surface area contributed by atoms with Gasteiger partial charge in [-0.3, -0.25) is 0 Å². The van der Waals surface area contributed by atoms with E-state index in [2.05, 4.69) is 5.32 Å². The summed E-state index contributed by atoms with van der Waals surface area (Å²) < 4.78 is 24.1. The number of halogens is 1. The Hall–Kier alpha value is -0.580. The first-order valence-corrected chi connectivity index (χ1v) is 7.30. The lowest BCUT2D eigenvalue weighted by atomic mass is 10.2. The number of hydrogen-bond acceptors (Lipinski definition) is 3. The Morgan fingerprint density at radius 1 is 1.44 bits per heavy atom. The molecular formula is C11H14ClNO2S. The number of benzene rings is 1. The fourth-order valence-electron chi connectivity index (χ4n) is 1.92. The molecule has 1 aromatic carbocycles. The number of rotatable bonds is 3. The molecule has 5 heteroatoms. The van der Waals surface area contributed by atoms with Crippen molar-refractivity contribution in [3.8, 4) is 0 Å². The van der Waals surface area contributed by atoms with E-state index in [0.29, 0.717) is 9.92 Å². The molecule has 1 N–H and O–H groups in total. The number of sulfone groups is 1. The Labute approximate surface area is 101 Å². The quantitative estimate of drug-likeness (QED) is 0.899. The van der Waals surface area contributed by atoms with E-state index in [4.69, 9.17) is 11.6 Å². The number of nitrogens with one attached hydrogen (secondary N) is 1. The summed E-state index contributed by atoms with van der Waals surface area (Å²) in [5.41, 5.74) is 0. The molecular weight excluding hydrogens is 246 g/mol. The van der Waals surface area contributed by atoms with Crippen LogP contribution in [0.2, 0.25) is 5.02 Å². The van der Waals surface area contributed by atoms with Crippen LogP contribution in [-0.2, 0) is 9.84 Å². The average Bonchev–Trinajstić information content (AvgIpc) is 2.70. The van der Waals surface area contributed by atoms with E-state index >= 15 is 0 Å². The van der Waals surface area contributed by atoms with Crippen LogP contribution in [0.25, 0.3) is 0 Å². The second kappa shape index (κ2) is 4.73. The third kappa shape index (κ3) is 2.75. The van der Waals surface area contributed by atoms with E-state index < -0.39 is 9.84 Å². The van der Waals surface area contributed by atoms with E-state index in [1.54, 1.807) is 18.2 Å². The normalized spacial score (nSPS) is 21.2. The van der Waals surface area contributed by atoms with Gasteiger partial charge in [-0.25, -0.2) is 8.42 Å². The van der Waals surface area contributed by atoms with E-state index in [1.807, 2.05) is 0 Å². The van der Waals surface area contributed by atoms with Crippen molar-refractivity contribution >= 4 is 21.4 Å². The van der Waals surface area contributed by atoms with E-state index in [9.17, 15) is 8.42 Å². The Kier molecular flexibility index (Phi) is 3.52. The topological polar surface area (TPSA) is 46.2 Å². The second-order valence-electron chi connectivity index (χ2n) is 4.10. The van der Waals surface area contributed by atoms with Gasteiger partial charge in [-0.05, 0) is 43.6 Å². The Balaban J connectivity index is 2.18.